The van der Waals surface area contributed by atoms with Gasteiger partial charge in [-0.2, -0.15) is 0 Å². The van der Waals surface area contributed by atoms with E-state index in [2.05, 4.69) is 20.1 Å². The van der Waals surface area contributed by atoms with Gasteiger partial charge >= 0.3 is 36.0 Å². The number of carboxylic acids is 1. The zero-order valence-corrected chi connectivity index (χ0v) is 22.9. The number of methoxy groups -OCH3 is 2. The summed E-state index contributed by atoms with van der Waals surface area (Å²) < 4.78 is 19.2. The van der Waals surface area contributed by atoms with Gasteiger partial charge in [-0.3, -0.25) is 14.5 Å². The molecule has 3 amide bonds. The second kappa shape index (κ2) is 18.8. The van der Waals surface area contributed by atoms with E-state index in [4.69, 9.17) is 9.47 Å². The Kier molecular flexibility index (Phi) is 15.8. The van der Waals surface area contributed by atoms with Gasteiger partial charge in [-0.25, -0.2) is 19.2 Å². The van der Waals surface area contributed by atoms with E-state index < -0.39 is 54.6 Å². The maximum atomic E-state index is 13.1. The number of aliphatic carboxylic acids is 1. The Hall–Kier alpha value is -4.36. The number of unbranched alkanes of at least 4 members (excludes halogenated alkanes) is 1. The second-order valence-electron chi connectivity index (χ2n) is 8.41. The first-order valence-corrected chi connectivity index (χ1v) is 12.7. The molecule has 0 saturated carbocycles. The van der Waals surface area contributed by atoms with Crippen molar-refractivity contribution in [1.29, 1.82) is 0 Å². The molecule has 1 aromatic rings. The minimum Gasteiger partial charge on any atom is -0.480 e. The molecule has 0 bridgehead atoms. The van der Waals surface area contributed by atoms with Crippen LogP contribution in [0, 0.1) is 0 Å². The molecule has 0 radical (unpaired) electrons. The molecule has 0 aliphatic heterocycles. The van der Waals surface area contributed by atoms with Crippen molar-refractivity contribution in [2.24, 2.45) is 0 Å². The van der Waals surface area contributed by atoms with Gasteiger partial charge in [0.15, 0.2) is 0 Å². The largest absolute Gasteiger partial charge is 0.480 e. The maximum Gasteiger partial charge on any atom is 0.407 e. The van der Waals surface area contributed by atoms with E-state index in [1.54, 1.807) is 6.92 Å². The molecule has 0 saturated heterocycles. The molecule has 0 heterocycles. The first-order chi connectivity index (χ1) is 19.1. The van der Waals surface area contributed by atoms with Crippen molar-refractivity contribution in [3.05, 3.63) is 35.9 Å². The molecule has 1 aromatic carbocycles. The molecular weight excluding hydrogens is 530 g/mol. The number of ether oxygens (including phenoxy) is 4. The Bertz CT molecular complexity index is 987. The number of esters is 3. The first-order valence-electron chi connectivity index (χ1n) is 12.7. The highest BCUT2D eigenvalue weighted by Crippen LogP contribution is 2.12. The van der Waals surface area contributed by atoms with Crippen LogP contribution >= 0.6 is 0 Å². The summed E-state index contributed by atoms with van der Waals surface area (Å²) in [5.41, 5.74) is 0.821. The van der Waals surface area contributed by atoms with Crippen LogP contribution in [0.15, 0.2) is 30.3 Å². The number of rotatable bonds is 17. The van der Waals surface area contributed by atoms with Crippen molar-refractivity contribution in [1.82, 2.24) is 15.5 Å². The van der Waals surface area contributed by atoms with Gasteiger partial charge in [0.2, 0.25) is 0 Å². The number of hydrogen-bond acceptors (Lipinski definition) is 10. The Labute approximate surface area is 232 Å². The summed E-state index contributed by atoms with van der Waals surface area (Å²) >= 11 is 0. The van der Waals surface area contributed by atoms with Gasteiger partial charge in [0.1, 0.15) is 25.2 Å². The molecule has 0 fully saturated rings. The number of benzene rings is 1. The van der Waals surface area contributed by atoms with E-state index in [-0.39, 0.29) is 45.4 Å². The van der Waals surface area contributed by atoms with Crippen molar-refractivity contribution in [2.75, 3.05) is 33.9 Å². The van der Waals surface area contributed by atoms with Crippen LogP contribution in [0.1, 0.15) is 44.6 Å². The summed E-state index contributed by atoms with van der Waals surface area (Å²) in [6, 6.07) is 5.29. The average molecular weight is 568 g/mol. The van der Waals surface area contributed by atoms with Crippen molar-refractivity contribution in [3.63, 3.8) is 0 Å². The smallest absolute Gasteiger partial charge is 0.407 e. The van der Waals surface area contributed by atoms with Gasteiger partial charge in [0.05, 0.1) is 20.8 Å². The van der Waals surface area contributed by atoms with Gasteiger partial charge < -0.3 is 34.7 Å². The summed E-state index contributed by atoms with van der Waals surface area (Å²) in [5.74, 6) is -3.74. The van der Waals surface area contributed by atoms with E-state index in [9.17, 15) is 33.9 Å². The number of nitrogens with one attached hydrogen (secondary N) is 2. The van der Waals surface area contributed by atoms with E-state index in [1.807, 2.05) is 30.3 Å². The molecule has 3 N–H and O–H groups in total. The summed E-state index contributed by atoms with van der Waals surface area (Å²) in [6.45, 7) is 1.13. The fraction of sp³-hybridized carbons (Fsp3) is 0.538. The van der Waals surface area contributed by atoms with Crippen molar-refractivity contribution in [2.45, 2.75) is 57.7 Å². The molecule has 0 spiro atoms. The van der Waals surface area contributed by atoms with E-state index in [1.165, 1.54) is 0 Å². The topological polar surface area (TPSA) is 187 Å². The van der Waals surface area contributed by atoms with Crippen molar-refractivity contribution >= 4 is 36.0 Å². The van der Waals surface area contributed by atoms with Crippen LogP contribution in [0.3, 0.4) is 0 Å². The summed E-state index contributed by atoms with van der Waals surface area (Å²) in [4.78, 5) is 73.7. The van der Waals surface area contributed by atoms with Gasteiger partial charge in [-0.15, -0.1) is 0 Å². The highest BCUT2D eigenvalue weighted by Gasteiger charge is 2.34. The third-order valence-corrected chi connectivity index (χ3v) is 5.56. The predicted molar refractivity (Wildman–Crippen MR) is 139 cm³/mol. The van der Waals surface area contributed by atoms with Crippen LogP contribution in [0.4, 0.5) is 9.59 Å². The van der Waals surface area contributed by atoms with Gasteiger partial charge in [0, 0.05) is 13.0 Å². The van der Waals surface area contributed by atoms with Crippen molar-refractivity contribution in [3.8, 4) is 0 Å². The highest BCUT2D eigenvalue weighted by atomic mass is 16.5. The van der Waals surface area contributed by atoms with E-state index in [0.29, 0.717) is 6.42 Å². The fourth-order valence-electron chi connectivity index (χ4n) is 3.50. The number of carbonyl (C=O) groups excluding carboxylic acids is 5. The third kappa shape index (κ3) is 12.9. The lowest BCUT2D eigenvalue weighted by atomic mass is 10.1. The number of hydrogen-bond donors (Lipinski definition) is 3. The van der Waals surface area contributed by atoms with Crippen LogP contribution in [0.2, 0.25) is 0 Å². The summed E-state index contributed by atoms with van der Waals surface area (Å²) in [5, 5.41) is 14.7. The van der Waals surface area contributed by atoms with Gasteiger partial charge in [0.25, 0.3) is 0 Å². The van der Waals surface area contributed by atoms with Gasteiger partial charge in [-0.05, 0) is 38.2 Å². The molecule has 0 aliphatic rings. The normalized spacial score (nSPS) is 11.8. The zero-order chi connectivity index (χ0) is 29.9. The van der Waals surface area contributed by atoms with Crippen LogP contribution in [0.25, 0.3) is 0 Å². The molecule has 14 nitrogen and oxygen atoms in total. The van der Waals surface area contributed by atoms with Crippen LogP contribution in [0.5, 0.6) is 0 Å². The third-order valence-electron chi connectivity index (χ3n) is 5.56. The SMILES string of the molecule is CCOC(=O)CN(C(=O)NC(CCC(=O)OC)C(=O)OC)C(CCCCNC(=O)OCc1ccccc1)C(=O)O. The lowest BCUT2D eigenvalue weighted by Gasteiger charge is -2.30. The average Bonchev–Trinajstić information content (AvgIpc) is 2.94. The lowest BCUT2D eigenvalue weighted by Crippen LogP contribution is -2.55. The Balaban J connectivity index is 2.79. The Morgan fingerprint density at radius 1 is 0.925 bits per heavy atom. The lowest BCUT2D eigenvalue weighted by molar-refractivity contribution is -0.147. The molecule has 0 aromatic heterocycles. The van der Waals surface area contributed by atoms with Gasteiger partial charge in [-0.1, -0.05) is 30.3 Å². The molecule has 222 valence electrons. The number of carboxylic acid groups (broad SMARTS) is 1. The first kappa shape index (κ1) is 33.7. The molecule has 40 heavy (non-hydrogen) atoms. The van der Waals surface area contributed by atoms with Crippen molar-refractivity contribution < 1.29 is 52.8 Å². The predicted octanol–water partition coefficient (Wildman–Crippen LogP) is 1.61. The molecular formula is C26H37N3O11. The minimum atomic E-state index is -1.46. The Morgan fingerprint density at radius 3 is 2.23 bits per heavy atom. The number of nitrogens with zero attached hydrogens (tertiary/aromatic N) is 1. The maximum absolute atomic E-state index is 13.1. The molecule has 1 rings (SSSR count). The number of urea groups is 1. The molecule has 0 aliphatic carbocycles. The number of carbonyl (C=O) groups is 6. The molecule has 2 atom stereocenters. The zero-order valence-electron chi connectivity index (χ0n) is 22.9. The molecule has 14 heteroatoms. The van der Waals surface area contributed by atoms with Crippen LogP contribution in [-0.2, 0) is 44.7 Å². The summed E-state index contributed by atoms with van der Waals surface area (Å²) in [6.07, 6.45) is -0.509. The van der Waals surface area contributed by atoms with E-state index in [0.717, 1.165) is 24.7 Å². The van der Waals surface area contributed by atoms with Crippen LogP contribution in [-0.4, -0.2) is 92.0 Å². The summed E-state index contributed by atoms with van der Waals surface area (Å²) in [7, 11) is 2.25. The Morgan fingerprint density at radius 2 is 1.62 bits per heavy atom. The molecule has 2 unspecified atom stereocenters. The fourth-order valence-corrected chi connectivity index (χ4v) is 3.50. The highest BCUT2D eigenvalue weighted by molar-refractivity contribution is 5.89. The minimum absolute atomic E-state index is 0.00197. The number of amides is 3. The standard InChI is InChI=1S/C26H37N3O11/c1-4-39-22(31)16-29(25(35)28-19(24(34)38-3)13-14-21(30)37-2)20(23(32)33)12-8-9-15-27-26(36)40-17-18-10-6-5-7-11-18/h5-7,10-11,19-20H,4,8-9,12-17H2,1-3H3,(H,27,36)(H,28,35)(H,32,33). The second-order valence-corrected chi connectivity index (χ2v) is 8.41. The monoisotopic (exact) mass is 567 g/mol. The van der Waals surface area contributed by atoms with E-state index >= 15 is 0 Å². The quantitative estimate of drug-likeness (QED) is 0.141. The number of alkyl carbamates (subject to hydrolysis) is 1. The van der Waals surface area contributed by atoms with Crippen LogP contribution < -0.4 is 10.6 Å².